The van der Waals surface area contributed by atoms with Gasteiger partial charge in [0, 0.05) is 56.9 Å². The number of benzene rings is 3. The van der Waals surface area contributed by atoms with E-state index < -0.39 is 11.6 Å². The molecule has 39 heavy (non-hydrogen) atoms. The minimum absolute atomic E-state index is 0.0322. The fourth-order valence-corrected chi connectivity index (χ4v) is 5.65. The molecule has 3 aromatic carbocycles. The second kappa shape index (κ2) is 12.0. The van der Waals surface area contributed by atoms with E-state index in [4.69, 9.17) is 0 Å². The number of hydrogen-bond acceptors (Lipinski definition) is 3. The van der Waals surface area contributed by atoms with Gasteiger partial charge in [0.25, 0.3) is 5.56 Å². The molecule has 0 aliphatic carbocycles. The zero-order chi connectivity index (χ0) is 27.4. The Bertz CT molecular complexity index is 1460. The van der Waals surface area contributed by atoms with Crippen LogP contribution in [0.25, 0.3) is 0 Å². The van der Waals surface area contributed by atoms with Gasteiger partial charge in [-0.1, -0.05) is 66.7 Å². The van der Waals surface area contributed by atoms with Crippen LogP contribution in [0.4, 0.5) is 14.5 Å². The van der Waals surface area contributed by atoms with Gasteiger partial charge in [-0.2, -0.15) is 0 Å². The molecule has 0 unspecified atom stereocenters. The molecule has 0 N–H and O–H groups in total. The Balaban J connectivity index is 1.48. The van der Waals surface area contributed by atoms with Gasteiger partial charge in [0.2, 0.25) is 0 Å². The average molecular weight is 528 g/mol. The van der Waals surface area contributed by atoms with Gasteiger partial charge in [0.1, 0.15) is 17.3 Å². The lowest BCUT2D eigenvalue weighted by atomic mass is 9.96. The number of nitrogens with zero attached hydrogens (tertiary/aromatic N) is 3. The predicted octanol–water partition coefficient (Wildman–Crippen LogP) is 5.90. The highest BCUT2D eigenvalue weighted by Gasteiger charge is 2.26. The Labute approximate surface area is 229 Å². The van der Waals surface area contributed by atoms with Crippen LogP contribution in [0.3, 0.4) is 0 Å². The Morgan fingerprint density at radius 3 is 1.92 bits per heavy atom. The monoisotopic (exact) mass is 527 g/mol. The second-order valence-electron chi connectivity index (χ2n) is 10.4. The lowest BCUT2D eigenvalue weighted by molar-refractivity contribution is 0.249. The van der Waals surface area contributed by atoms with E-state index >= 15 is 0 Å². The fraction of sp³-hybridized carbons (Fsp3) is 0.303. The van der Waals surface area contributed by atoms with E-state index in [-0.39, 0.29) is 17.5 Å². The molecular weight excluding hydrogens is 492 g/mol. The number of rotatable bonds is 8. The number of aryl methyl sites for hydroxylation is 1. The molecule has 0 atom stereocenters. The standard InChI is InChI=1S/C33H35F2N3O/c1-24-28(22-29-30(34)14-9-15-31(29)35)25(2)38(17-16-26-10-5-3-6-11-26)33(39)32(24)37-20-18-36(19-21-37)23-27-12-7-4-8-13-27/h3-15H,16-23H2,1-2H3. The van der Waals surface area contributed by atoms with Crippen molar-refractivity contribution in [2.45, 2.75) is 39.8 Å². The van der Waals surface area contributed by atoms with Gasteiger partial charge >= 0.3 is 0 Å². The molecule has 0 spiro atoms. The highest BCUT2D eigenvalue weighted by molar-refractivity contribution is 5.57. The molecule has 0 bridgehead atoms. The van der Waals surface area contributed by atoms with E-state index in [1.54, 1.807) is 4.57 Å². The van der Waals surface area contributed by atoms with E-state index in [0.717, 1.165) is 55.1 Å². The van der Waals surface area contributed by atoms with Gasteiger partial charge in [0.05, 0.1) is 0 Å². The van der Waals surface area contributed by atoms with Crippen LogP contribution < -0.4 is 10.5 Å². The molecule has 1 saturated heterocycles. The van der Waals surface area contributed by atoms with Gasteiger partial charge < -0.3 is 9.47 Å². The number of halogens is 2. The molecule has 0 saturated carbocycles. The van der Waals surface area contributed by atoms with Crippen LogP contribution in [0.1, 0.15) is 33.5 Å². The zero-order valence-corrected chi connectivity index (χ0v) is 22.7. The summed E-state index contributed by atoms with van der Waals surface area (Å²) >= 11 is 0. The summed E-state index contributed by atoms with van der Waals surface area (Å²) in [6, 6.07) is 24.4. The highest BCUT2D eigenvalue weighted by Crippen LogP contribution is 2.28. The number of piperazine rings is 1. The first-order valence-electron chi connectivity index (χ1n) is 13.6. The molecule has 202 valence electrons. The summed E-state index contributed by atoms with van der Waals surface area (Å²) in [6.07, 6.45) is 0.797. The van der Waals surface area contributed by atoms with E-state index in [1.165, 1.54) is 23.8 Å². The van der Waals surface area contributed by atoms with Crippen molar-refractivity contribution in [2.75, 3.05) is 31.1 Å². The molecule has 5 rings (SSSR count). The first kappa shape index (κ1) is 26.8. The molecule has 0 amide bonds. The van der Waals surface area contributed by atoms with Crippen molar-refractivity contribution >= 4 is 5.69 Å². The zero-order valence-electron chi connectivity index (χ0n) is 22.7. The lowest BCUT2D eigenvalue weighted by Crippen LogP contribution is -2.48. The molecule has 1 aliphatic rings. The Morgan fingerprint density at radius 2 is 1.31 bits per heavy atom. The van der Waals surface area contributed by atoms with Crippen LogP contribution in [-0.4, -0.2) is 35.6 Å². The molecule has 4 aromatic rings. The predicted molar refractivity (Wildman–Crippen MR) is 153 cm³/mol. The smallest absolute Gasteiger partial charge is 0.274 e. The van der Waals surface area contributed by atoms with E-state index in [9.17, 15) is 13.6 Å². The van der Waals surface area contributed by atoms with E-state index in [1.807, 2.05) is 38.1 Å². The Hall–Kier alpha value is -3.77. The van der Waals surface area contributed by atoms with Crippen molar-refractivity contribution in [2.24, 2.45) is 0 Å². The molecule has 1 aromatic heterocycles. The minimum Gasteiger partial charge on any atom is -0.364 e. The van der Waals surface area contributed by atoms with Crippen molar-refractivity contribution < 1.29 is 8.78 Å². The molecular formula is C33H35F2N3O. The molecule has 6 heteroatoms. The summed E-state index contributed by atoms with van der Waals surface area (Å²) < 4.78 is 31.2. The first-order chi connectivity index (χ1) is 18.9. The van der Waals surface area contributed by atoms with E-state index in [2.05, 4.69) is 46.2 Å². The Morgan fingerprint density at radius 1 is 0.718 bits per heavy atom. The van der Waals surface area contributed by atoms with Crippen LogP contribution in [-0.2, 0) is 25.9 Å². The lowest BCUT2D eigenvalue weighted by Gasteiger charge is -2.37. The van der Waals surface area contributed by atoms with Crippen LogP contribution in [0.2, 0.25) is 0 Å². The van der Waals surface area contributed by atoms with Crippen molar-refractivity contribution in [3.8, 4) is 0 Å². The number of pyridine rings is 1. The van der Waals surface area contributed by atoms with Crippen LogP contribution >= 0.6 is 0 Å². The maximum absolute atomic E-state index is 14.7. The largest absolute Gasteiger partial charge is 0.364 e. The minimum atomic E-state index is -0.563. The van der Waals surface area contributed by atoms with Gasteiger partial charge in [0.15, 0.2) is 0 Å². The summed E-state index contributed by atoms with van der Waals surface area (Å²) in [4.78, 5) is 18.6. The number of hydrogen-bond donors (Lipinski definition) is 0. The number of anilines is 1. The quantitative estimate of drug-likeness (QED) is 0.286. The average Bonchev–Trinajstić information content (AvgIpc) is 2.94. The summed E-state index contributed by atoms with van der Waals surface area (Å²) in [5.41, 5.74) is 5.46. The van der Waals surface area contributed by atoms with Crippen molar-refractivity contribution in [1.82, 2.24) is 9.47 Å². The van der Waals surface area contributed by atoms with Crippen LogP contribution in [0, 0.1) is 25.5 Å². The topological polar surface area (TPSA) is 28.5 Å². The summed E-state index contributed by atoms with van der Waals surface area (Å²) in [5.74, 6) is -1.13. The first-order valence-corrected chi connectivity index (χ1v) is 13.6. The van der Waals surface area contributed by atoms with Crippen molar-refractivity contribution in [1.29, 1.82) is 0 Å². The summed E-state index contributed by atoms with van der Waals surface area (Å²) in [5, 5.41) is 0. The molecule has 1 aliphatic heterocycles. The molecule has 2 heterocycles. The van der Waals surface area contributed by atoms with Crippen molar-refractivity contribution in [3.63, 3.8) is 0 Å². The molecule has 0 radical (unpaired) electrons. The maximum Gasteiger partial charge on any atom is 0.274 e. The van der Waals surface area contributed by atoms with Crippen molar-refractivity contribution in [3.05, 3.63) is 134 Å². The van der Waals surface area contributed by atoms with Crippen LogP contribution in [0.5, 0.6) is 0 Å². The second-order valence-corrected chi connectivity index (χ2v) is 10.4. The third kappa shape index (κ3) is 5.96. The third-order valence-corrected chi connectivity index (χ3v) is 7.92. The van der Waals surface area contributed by atoms with E-state index in [0.29, 0.717) is 18.7 Å². The van der Waals surface area contributed by atoms with Crippen LogP contribution in [0.15, 0.2) is 83.7 Å². The number of aromatic nitrogens is 1. The fourth-order valence-electron chi connectivity index (χ4n) is 5.65. The third-order valence-electron chi connectivity index (χ3n) is 7.92. The summed E-state index contributed by atoms with van der Waals surface area (Å²) in [6.45, 7) is 8.32. The van der Waals surface area contributed by atoms with Gasteiger partial charge in [-0.25, -0.2) is 8.78 Å². The highest BCUT2D eigenvalue weighted by atomic mass is 19.1. The summed E-state index contributed by atoms with van der Waals surface area (Å²) in [7, 11) is 0. The normalized spacial score (nSPS) is 14.1. The molecule has 4 nitrogen and oxygen atoms in total. The molecule has 1 fully saturated rings. The van der Waals surface area contributed by atoms with Gasteiger partial charge in [-0.05, 0) is 54.7 Å². The van der Waals surface area contributed by atoms with Gasteiger partial charge in [-0.3, -0.25) is 9.69 Å². The maximum atomic E-state index is 14.7. The SMILES string of the molecule is Cc1c(Cc2c(F)cccc2F)c(C)n(CCc2ccccc2)c(=O)c1N1CCN(Cc2ccccc2)CC1. The Kier molecular flexibility index (Phi) is 8.22. The van der Waals surface area contributed by atoms with Gasteiger partial charge in [-0.15, -0.1) is 0 Å².